The van der Waals surface area contributed by atoms with Crippen LogP contribution in [-0.4, -0.2) is 141 Å². The van der Waals surface area contributed by atoms with Gasteiger partial charge in [0.2, 0.25) is 0 Å². The number of fused-ring (bicyclic) bond motifs is 5. The number of alkyl halides is 1. The van der Waals surface area contributed by atoms with Crippen molar-refractivity contribution < 1.29 is 28.2 Å². The molecule has 11 unspecified atom stereocenters. The summed E-state index contributed by atoms with van der Waals surface area (Å²) in [5, 5.41) is 6.58. The van der Waals surface area contributed by atoms with Gasteiger partial charge >= 0.3 is 0 Å². The topological polar surface area (TPSA) is 95.6 Å². The molecule has 11 heteroatoms. The van der Waals surface area contributed by atoms with Crippen LogP contribution >= 0.6 is 0 Å². The molecule has 8 rings (SSSR count). The summed E-state index contributed by atoms with van der Waals surface area (Å²) in [6.45, 7) is 8.09. The van der Waals surface area contributed by atoms with Crippen LogP contribution in [0.2, 0.25) is 0 Å². The van der Waals surface area contributed by atoms with Crippen LogP contribution in [0, 0.1) is 17.8 Å². The van der Waals surface area contributed by atoms with Crippen LogP contribution in [0.1, 0.15) is 57.8 Å². The van der Waals surface area contributed by atoms with Crippen molar-refractivity contribution in [2.45, 2.75) is 107 Å². The van der Waals surface area contributed by atoms with E-state index in [2.05, 4.69) is 25.3 Å². The zero-order chi connectivity index (χ0) is 30.5. The molecule has 5 aliphatic heterocycles. The number of hydrogen-bond donors (Lipinski definition) is 2. The van der Waals surface area contributed by atoms with Crippen molar-refractivity contribution >= 4 is 11.7 Å². The summed E-state index contributed by atoms with van der Waals surface area (Å²) in [7, 11) is 0. The largest absolute Gasteiger partial charge is 0.379 e. The maximum absolute atomic E-state index is 16.2. The number of morpholine rings is 2. The fraction of sp³-hybridized carbons (Fsp3) is 0.882. The molecule has 0 spiro atoms. The summed E-state index contributed by atoms with van der Waals surface area (Å²) < 4.78 is 35.3. The summed E-state index contributed by atoms with van der Waals surface area (Å²) in [5.41, 5.74) is 0.174. The van der Waals surface area contributed by atoms with Crippen LogP contribution < -0.4 is 10.6 Å². The third-order valence-corrected chi connectivity index (χ3v) is 12.5. The van der Waals surface area contributed by atoms with Crippen molar-refractivity contribution in [1.82, 2.24) is 25.3 Å². The van der Waals surface area contributed by atoms with Gasteiger partial charge in [0.15, 0.2) is 5.78 Å². The zero-order valence-corrected chi connectivity index (χ0v) is 26.6. The standard InChI is InChI=1S/C34H52FN5O5/c35-25-17-23-31-33(30(25)36-7-11-38-9-3-4-10-38)45-29-18-22-21-5-1-2-6-27(21)44-28(22)19-26(29)40(31)20-24(32(23)41)34(42)37-8-12-39-13-15-43-16-14-39/h20-23,25-31,33,36H,1-19H2,(H,37,42). The van der Waals surface area contributed by atoms with Gasteiger partial charge in [-0.1, -0.05) is 12.8 Å². The smallest absolute Gasteiger partial charge is 0.256 e. The second-order valence-electron chi connectivity index (χ2n) is 14.9. The lowest BCUT2D eigenvalue weighted by molar-refractivity contribution is -0.209. The van der Waals surface area contributed by atoms with E-state index in [1.807, 2.05) is 6.20 Å². The van der Waals surface area contributed by atoms with Crippen molar-refractivity contribution in [3.8, 4) is 0 Å². The molecular weight excluding hydrogens is 577 g/mol. The van der Waals surface area contributed by atoms with E-state index < -0.39 is 24.2 Å². The maximum atomic E-state index is 16.2. The molecule has 1 amide bonds. The van der Waals surface area contributed by atoms with Gasteiger partial charge in [-0.05, 0) is 69.9 Å². The first-order valence-corrected chi connectivity index (χ1v) is 18.1. The van der Waals surface area contributed by atoms with E-state index in [1.54, 1.807) is 0 Å². The summed E-state index contributed by atoms with van der Waals surface area (Å²) >= 11 is 0. The fourth-order valence-corrected chi connectivity index (χ4v) is 10.3. The summed E-state index contributed by atoms with van der Waals surface area (Å²) in [4.78, 5) is 34.6. The summed E-state index contributed by atoms with van der Waals surface area (Å²) in [6, 6.07) is -0.733. The third-order valence-electron chi connectivity index (χ3n) is 12.5. The molecule has 0 radical (unpaired) electrons. The van der Waals surface area contributed by atoms with Crippen molar-refractivity contribution in [1.29, 1.82) is 0 Å². The number of nitrogens with zero attached hydrogens (tertiary/aromatic N) is 3. The van der Waals surface area contributed by atoms with E-state index in [-0.39, 0.29) is 48.0 Å². The Morgan fingerprint density at radius 3 is 2.49 bits per heavy atom. The van der Waals surface area contributed by atoms with Gasteiger partial charge in [-0.2, -0.15) is 0 Å². The molecule has 0 aromatic heterocycles. The number of ether oxygens (including phenoxy) is 3. The van der Waals surface area contributed by atoms with Gasteiger partial charge in [-0.15, -0.1) is 0 Å². The number of carbonyl (C=O) groups is 2. The van der Waals surface area contributed by atoms with E-state index in [4.69, 9.17) is 14.2 Å². The van der Waals surface area contributed by atoms with E-state index in [1.165, 1.54) is 32.1 Å². The number of rotatable bonds is 8. The quantitative estimate of drug-likeness (QED) is 0.388. The van der Waals surface area contributed by atoms with Crippen molar-refractivity contribution in [3.63, 3.8) is 0 Å². The highest BCUT2D eigenvalue weighted by Crippen LogP contribution is 2.52. The van der Waals surface area contributed by atoms with Gasteiger partial charge < -0.3 is 34.6 Å². The number of hydrogen-bond acceptors (Lipinski definition) is 9. The van der Waals surface area contributed by atoms with Crippen LogP contribution in [0.3, 0.4) is 0 Å². The highest BCUT2D eigenvalue weighted by molar-refractivity contribution is 6.20. The molecule has 2 N–H and O–H groups in total. The van der Waals surface area contributed by atoms with E-state index in [0.717, 1.165) is 52.0 Å². The molecule has 250 valence electrons. The number of halogens is 1. The van der Waals surface area contributed by atoms with E-state index in [0.29, 0.717) is 50.8 Å². The lowest BCUT2D eigenvalue weighted by atomic mass is 9.67. The lowest BCUT2D eigenvalue weighted by Gasteiger charge is -2.60. The molecule has 5 heterocycles. The summed E-state index contributed by atoms with van der Waals surface area (Å²) in [5.74, 6) is -0.128. The van der Waals surface area contributed by atoms with Crippen molar-refractivity contribution in [2.24, 2.45) is 17.8 Å². The van der Waals surface area contributed by atoms with E-state index >= 15 is 4.39 Å². The Morgan fingerprint density at radius 2 is 1.64 bits per heavy atom. The minimum absolute atomic E-state index is 0.0146. The molecule has 8 aliphatic rings. The Kier molecular flexibility index (Phi) is 8.94. The predicted molar refractivity (Wildman–Crippen MR) is 165 cm³/mol. The predicted octanol–water partition coefficient (Wildman–Crippen LogP) is 1.49. The second-order valence-corrected chi connectivity index (χ2v) is 14.9. The highest BCUT2D eigenvalue weighted by Gasteiger charge is 2.61. The van der Waals surface area contributed by atoms with Crippen LogP contribution in [-0.2, 0) is 23.8 Å². The molecule has 10 nitrogen and oxygen atoms in total. The molecule has 11 atom stereocenters. The molecule has 0 aromatic rings. The molecule has 3 saturated carbocycles. The molecule has 4 saturated heterocycles. The van der Waals surface area contributed by atoms with Crippen molar-refractivity contribution in [2.75, 3.05) is 65.6 Å². The van der Waals surface area contributed by atoms with Crippen molar-refractivity contribution in [3.05, 3.63) is 11.8 Å². The number of amides is 1. The maximum Gasteiger partial charge on any atom is 0.256 e. The van der Waals surface area contributed by atoms with Gasteiger partial charge in [-0.3, -0.25) is 14.5 Å². The number of likely N-dealkylation sites (tertiary alicyclic amines) is 1. The fourth-order valence-electron chi connectivity index (χ4n) is 10.3. The Morgan fingerprint density at radius 1 is 0.867 bits per heavy atom. The Hall–Kier alpha value is -1.63. The molecular formula is C34H52FN5O5. The highest BCUT2D eigenvalue weighted by atomic mass is 19.1. The van der Waals surface area contributed by atoms with E-state index in [9.17, 15) is 9.59 Å². The molecule has 45 heavy (non-hydrogen) atoms. The Balaban J connectivity index is 1.04. The average Bonchev–Trinajstić information content (AvgIpc) is 3.70. The second kappa shape index (κ2) is 13.1. The molecule has 0 bridgehead atoms. The van der Waals surface area contributed by atoms with Gasteiger partial charge in [0.1, 0.15) is 6.17 Å². The number of Topliss-reactive ketones (excluding diaryl/α,β-unsaturated/α-hetero) is 1. The van der Waals surface area contributed by atoms with Gasteiger partial charge in [0, 0.05) is 51.4 Å². The van der Waals surface area contributed by atoms with Crippen LogP contribution in [0.15, 0.2) is 11.8 Å². The lowest BCUT2D eigenvalue weighted by Crippen LogP contribution is -2.73. The van der Waals surface area contributed by atoms with Crippen LogP contribution in [0.5, 0.6) is 0 Å². The minimum atomic E-state index is -1.21. The third kappa shape index (κ3) is 5.88. The summed E-state index contributed by atoms with van der Waals surface area (Å²) in [6.07, 6.45) is 9.81. The average molecular weight is 630 g/mol. The van der Waals surface area contributed by atoms with Gasteiger partial charge in [0.25, 0.3) is 5.91 Å². The first kappa shape index (κ1) is 30.7. The number of carbonyl (C=O) groups excluding carboxylic acids is 2. The Bertz CT molecular complexity index is 1130. The van der Waals surface area contributed by atoms with Gasteiger partial charge in [0.05, 0.1) is 61.3 Å². The van der Waals surface area contributed by atoms with Crippen LogP contribution in [0.25, 0.3) is 0 Å². The number of ketones is 1. The normalized spacial score (nSPS) is 43.2. The number of nitrogens with one attached hydrogen (secondary N) is 2. The van der Waals surface area contributed by atoms with Crippen LogP contribution in [0.4, 0.5) is 4.39 Å². The molecule has 0 aromatic carbocycles. The monoisotopic (exact) mass is 629 g/mol. The molecule has 3 aliphatic carbocycles. The SMILES string of the molecule is O=C(NCCN1CCOCC1)C1=CN2C3CC4OC5CCCCC5C4CC3OC3C(NCCN4CCCC4)C(F)CC(C1=O)C32. The van der Waals surface area contributed by atoms with Gasteiger partial charge in [-0.25, -0.2) is 4.39 Å². The molecule has 7 fully saturated rings. The zero-order valence-electron chi connectivity index (χ0n) is 26.6. The first-order valence-electron chi connectivity index (χ1n) is 18.1. The Labute approximate surface area is 266 Å². The minimum Gasteiger partial charge on any atom is -0.379 e. The first-order chi connectivity index (χ1) is 22.0.